The Balaban J connectivity index is 1.60. The Hall–Kier alpha value is -3.44. The summed E-state index contributed by atoms with van der Waals surface area (Å²) in [6.07, 6.45) is 3.57. The lowest BCUT2D eigenvalue weighted by atomic mass is 9.71. The van der Waals surface area contributed by atoms with Gasteiger partial charge in [-0.15, -0.1) is 11.3 Å². The quantitative estimate of drug-likeness (QED) is 0.287. The van der Waals surface area contributed by atoms with Crippen LogP contribution in [0.25, 0.3) is 22.4 Å². The van der Waals surface area contributed by atoms with E-state index in [1.165, 1.54) is 5.56 Å². The lowest BCUT2D eigenvalue weighted by Gasteiger charge is -2.37. The molecule has 2 heterocycles. The van der Waals surface area contributed by atoms with Crippen LogP contribution in [0.3, 0.4) is 0 Å². The first kappa shape index (κ1) is 23.7. The topological polar surface area (TPSA) is 47.0 Å². The molecule has 0 saturated heterocycles. The van der Waals surface area contributed by atoms with Crippen LogP contribution in [0.1, 0.15) is 31.3 Å². The molecular weight excluding hydrogens is 438 g/mol. The van der Waals surface area contributed by atoms with Crippen LogP contribution in [-0.2, 0) is 5.41 Å². The van der Waals surface area contributed by atoms with E-state index in [0.29, 0.717) is 5.92 Å². The van der Waals surface area contributed by atoms with Crippen molar-refractivity contribution >= 4 is 17.0 Å². The fourth-order valence-corrected chi connectivity index (χ4v) is 4.73. The highest BCUT2D eigenvalue weighted by atomic mass is 32.1. The molecule has 1 unspecified atom stereocenters. The maximum atomic E-state index is 5.33. The summed E-state index contributed by atoms with van der Waals surface area (Å²) in [6.45, 7) is 13.2. The molecule has 2 aromatic heterocycles. The molecule has 4 aromatic rings. The second-order valence-corrected chi connectivity index (χ2v) is 10.0. The smallest absolute Gasteiger partial charge is 0.137 e. The number of thiazole rings is 1. The average molecular weight is 470 g/mol. The Morgan fingerprint density at radius 2 is 1.79 bits per heavy atom. The summed E-state index contributed by atoms with van der Waals surface area (Å²) < 4.78 is 5.33. The summed E-state index contributed by atoms with van der Waals surface area (Å²) in [5, 5.41) is 6.76. The van der Waals surface area contributed by atoms with Gasteiger partial charge >= 0.3 is 0 Å². The first-order chi connectivity index (χ1) is 16.3. The van der Waals surface area contributed by atoms with Crippen molar-refractivity contribution < 1.29 is 4.74 Å². The van der Waals surface area contributed by atoms with E-state index in [-0.39, 0.29) is 5.41 Å². The predicted molar refractivity (Wildman–Crippen MR) is 143 cm³/mol. The number of aryl methyl sites for hydroxylation is 1. The van der Waals surface area contributed by atoms with E-state index >= 15 is 0 Å². The van der Waals surface area contributed by atoms with E-state index in [1.807, 2.05) is 19.2 Å². The van der Waals surface area contributed by atoms with Crippen LogP contribution < -0.4 is 10.1 Å². The van der Waals surface area contributed by atoms with Crippen molar-refractivity contribution in [2.75, 3.05) is 12.4 Å². The van der Waals surface area contributed by atoms with E-state index in [4.69, 9.17) is 4.74 Å². The summed E-state index contributed by atoms with van der Waals surface area (Å²) in [5.41, 5.74) is 7.16. The normalized spacial score (nSPS) is 12.9. The van der Waals surface area contributed by atoms with E-state index in [2.05, 4.69) is 96.5 Å². The highest BCUT2D eigenvalue weighted by molar-refractivity contribution is 7.09. The lowest BCUT2D eigenvalue weighted by Crippen LogP contribution is -2.34. The first-order valence-corrected chi connectivity index (χ1v) is 12.3. The van der Waals surface area contributed by atoms with Gasteiger partial charge in [0, 0.05) is 39.5 Å². The number of pyridine rings is 1. The van der Waals surface area contributed by atoms with Crippen molar-refractivity contribution in [1.29, 1.82) is 0 Å². The molecule has 0 aliphatic heterocycles. The minimum absolute atomic E-state index is 0.265. The standard InChI is InChI=1S/C29H31N3OS/c1-19(2)29(5,25-12-10-22(11-13-25)24-15-27(33-6)17-30-16-24)20(3)31-26-9-7-8-23(14-26)28-18-34-21(4)32-28/h7-19,31H,3H2,1-2,4-6H3. The van der Waals surface area contributed by atoms with Gasteiger partial charge in [0.25, 0.3) is 0 Å². The maximum absolute atomic E-state index is 5.33. The van der Waals surface area contributed by atoms with E-state index in [9.17, 15) is 0 Å². The second-order valence-electron chi connectivity index (χ2n) is 8.98. The molecule has 4 nitrogen and oxygen atoms in total. The monoisotopic (exact) mass is 469 g/mol. The largest absolute Gasteiger partial charge is 0.495 e. The van der Waals surface area contributed by atoms with Gasteiger partial charge in [-0.05, 0) is 49.1 Å². The van der Waals surface area contributed by atoms with Crippen LogP contribution in [-0.4, -0.2) is 17.1 Å². The molecule has 0 radical (unpaired) electrons. The van der Waals surface area contributed by atoms with Crippen LogP contribution in [0.4, 0.5) is 5.69 Å². The molecule has 0 fully saturated rings. The number of rotatable bonds is 8. The average Bonchev–Trinajstić information content (AvgIpc) is 3.30. The van der Waals surface area contributed by atoms with E-state index in [0.717, 1.165) is 44.5 Å². The number of nitrogens with one attached hydrogen (secondary N) is 1. The minimum Gasteiger partial charge on any atom is -0.495 e. The van der Waals surface area contributed by atoms with Gasteiger partial charge in [0.1, 0.15) is 5.75 Å². The van der Waals surface area contributed by atoms with Gasteiger partial charge in [0.15, 0.2) is 0 Å². The Kier molecular flexibility index (Phi) is 6.85. The Morgan fingerprint density at radius 1 is 1.03 bits per heavy atom. The molecule has 0 aliphatic rings. The SMILES string of the molecule is C=C(Nc1cccc(-c2csc(C)n2)c1)C(C)(c1ccc(-c2cncc(OC)c2)cc1)C(C)C. The molecule has 0 aliphatic carbocycles. The molecule has 4 rings (SSSR count). The first-order valence-electron chi connectivity index (χ1n) is 11.4. The van der Waals surface area contributed by atoms with Crippen LogP contribution in [0.5, 0.6) is 5.75 Å². The molecule has 2 aromatic carbocycles. The summed E-state index contributed by atoms with van der Waals surface area (Å²) in [5.74, 6) is 1.09. The number of methoxy groups -OCH3 is 1. The number of hydrogen-bond acceptors (Lipinski definition) is 5. The number of ether oxygens (including phenoxy) is 1. The molecular formula is C29H31N3OS. The molecule has 1 atom stereocenters. The van der Waals surface area contributed by atoms with Crippen LogP contribution in [0, 0.1) is 12.8 Å². The third-order valence-corrected chi connectivity index (χ3v) is 7.39. The van der Waals surface area contributed by atoms with Gasteiger partial charge < -0.3 is 10.1 Å². The summed E-state index contributed by atoms with van der Waals surface area (Å²) in [7, 11) is 1.66. The highest BCUT2D eigenvalue weighted by Crippen LogP contribution is 2.40. The third kappa shape index (κ3) is 4.75. The number of anilines is 1. The zero-order valence-electron chi connectivity index (χ0n) is 20.4. The van der Waals surface area contributed by atoms with Crippen molar-refractivity contribution in [3.05, 3.63) is 95.2 Å². The van der Waals surface area contributed by atoms with Gasteiger partial charge in [-0.2, -0.15) is 0 Å². The minimum atomic E-state index is -0.265. The Labute approximate surface area is 206 Å². The van der Waals surface area contributed by atoms with Crippen molar-refractivity contribution in [1.82, 2.24) is 9.97 Å². The molecule has 1 N–H and O–H groups in total. The van der Waals surface area contributed by atoms with Crippen LogP contribution >= 0.6 is 11.3 Å². The van der Waals surface area contributed by atoms with Crippen molar-refractivity contribution in [3.8, 4) is 28.1 Å². The fourth-order valence-electron chi connectivity index (χ4n) is 4.11. The number of benzene rings is 2. The van der Waals surface area contributed by atoms with Crippen molar-refractivity contribution in [3.63, 3.8) is 0 Å². The summed E-state index contributed by atoms with van der Waals surface area (Å²) in [6, 6.07) is 19.0. The Morgan fingerprint density at radius 3 is 2.44 bits per heavy atom. The molecule has 0 spiro atoms. The predicted octanol–water partition coefficient (Wildman–Crippen LogP) is 7.73. The number of hydrogen-bond donors (Lipinski definition) is 1. The van der Waals surface area contributed by atoms with Gasteiger partial charge in [-0.3, -0.25) is 4.98 Å². The zero-order chi connectivity index (χ0) is 24.3. The Bertz CT molecular complexity index is 1290. The molecule has 5 heteroatoms. The van der Waals surface area contributed by atoms with Gasteiger partial charge in [-0.25, -0.2) is 4.98 Å². The molecule has 174 valence electrons. The van der Waals surface area contributed by atoms with Crippen LogP contribution in [0.15, 0.2) is 84.6 Å². The van der Waals surface area contributed by atoms with Crippen LogP contribution in [0.2, 0.25) is 0 Å². The second kappa shape index (κ2) is 9.82. The highest BCUT2D eigenvalue weighted by Gasteiger charge is 2.34. The molecule has 0 amide bonds. The summed E-state index contributed by atoms with van der Waals surface area (Å²) >= 11 is 1.67. The molecule has 34 heavy (non-hydrogen) atoms. The van der Waals surface area contributed by atoms with Gasteiger partial charge in [0.05, 0.1) is 24.0 Å². The molecule has 0 saturated carbocycles. The summed E-state index contributed by atoms with van der Waals surface area (Å²) in [4.78, 5) is 8.91. The number of nitrogens with zero attached hydrogens (tertiary/aromatic N) is 2. The number of aromatic nitrogens is 2. The third-order valence-electron chi connectivity index (χ3n) is 6.62. The van der Waals surface area contributed by atoms with Crippen molar-refractivity contribution in [2.45, 2.75) is 33.1 Å². The van der Waals surface area contributed by atoms with Gasteiger partial charge in [0.2, 0.25) is 0 Å². The lowest BCUT2D eigenvalue weighted by molar-refractivity contribution is 0.400. The molecule has 0 bridgehead atoms. The van der Waals surface area contributed by atoms with E-state index < -0.39 is 0 Å². The van der Waals surface area contributed by atoms with Gasteiger partial charge in [-0.1, -0.05) is 56.8 Å². The van der Waals surface area contributed by atoms with E-state index in [1.54, 1.807) is 24.6 Å². The maximum Gasteiger partial charge on any atom is 0.137 e. The van der Waals surface area contributed by atoms with Crippen molar-refractivity contribution in [2.24, 2.45) is 5.92 Å². The fraction of sp³-hybridized carbons (Fsp3) is 0.241. The number of allylic oxidation sites excluding steroid dienone is 1. The zero-order valence-corrected chi connectivity index (χ0v) is 21.2.